The van der Waals surface area contributed by atoms with E-state index in [1.165, 1.54) is 63.5 Å². The standard InChI is InChI=1S/C19H29N/c1-3-19(11-6-12-19)14-20-15(2)17-10-9-16-7-4-5-8-18(16)13-17/h9-10,13,15,20H,3-8,11-12,14H2,1-2H3. The van der Waals surface area contributed by atoms with E-state index in [4.69, 9.17) is 0 Å². The Hall–Kier alpha value is -0.820. The van der Waals surface area contributed by atoms with Crippen LogP contribution in [0.3, 0.4) is 0 Å². The monoisotopic (exact) mass is 271 g/mol. The Balaban J connectivity index is 1.63. The van der Waals surface area contributed by atoms with Gasteiger partial charge in [-0.15, -0.1) is 0 Å². The summed E-state index contributed by atoms with van der Waals surface area (Å²) in [5.41, 5.74) is 5.30. The van der Waals surface area contributed by atoms with Gasteiger partial charge in [-0.1, -0.05) is 31.5 Å². The smallest absolute Gasteiger partial charge is 0.0292 e. The van der Waals surface area contributed by atoms with E-state index in [1.807, 2.05) is 0 Å². The van der Waals surface area contributed by atoms with Crippen LogP contribution >= 0.6 is 0 Å². The summed E-state index contributed by atoms with van der Waals surface area (Å²) >= 11 is 0. The van der Waals surface area contributed by atoms with Gasteiger partial charge in [0.25, 0.3) is 0 Å². The number of fused-ring (bicyclic) bond motifs is 1. The van der Waals surface area contributed by atoms with Crippen LogP contribution in [0, 0.1) is 5.41 Å². The van der Waals surface area contributed by atoms with Crippen LogP contribution in [0.4, 0.5) is 0 Å². The second-order valence-electron chi connectivity index (χ2n) is 7.04. The van der Waals surface area contributed by atoms with E-state index in [9.17, 15) is 0 Å². The fourth-order valence-electron chi connectivity index (χ4n) is 3.84. The summed E-state index contributed by atoms with van der Waals surface area (Å²) in [5, 5.41) is 3.80. The molecule has 1 heteroatoms. The molecule has 1 saturated carbocycles. The maximum atomic E-state index is 3.80. The zero-order valence-corrected chi connectivity index (χ0v) is 13.2. The van der Waals surface area contributed by atoms with Crippen molar-refractivity contribution in [3.8, 4) is 0 Å². The van der Waals surface area contributed by atoms with E-state index in [-0.39, 0.29) is 0 Å². The minimum absolute atomic E-state index is 0.492. The third kappa shape index (κ3) is 2.79. The van der Waals surface area contributed by atoms with Gasteiger partial charge in [0, 0.05) is 12.6 Å². The van der Waals surface area contributed by atoms with E-state index < -0.39 is 0 Å². The number of hydrogen-bond acceptors (Lipinski definition) is 1. The molecular formula is C19H29N. The van der Waals surface area contributed by atoms with Crippen molar-refractivity contribution in [2.45, 2.75) is 71.3 Å². The normalized spacial score (nSPS) is 21.9. The molecule has 0 spiro atoms. The van der Waals surface area contributed by atoms with Crippen LogP contribution in [0.15, 0.2) is 18.2 Å². The Morgan fingerprint density at radius 2 is 1.85 bits per heavy atom. The lowest BCUT2D eigenvalue weighted by Crippen LogP contribution is -2.40. The Labute approximate surface area is 124 Å². The molecule has 110 valence electrons. The van der Waals surface area contributed by atoms with Gasteiger partial charge in [-0.25, -0.2) is 0 Å². The molecule has 1 unspecified atom stereocenters. The van der Waals surface area contributed by atoms with Crippen LogP contribution < -0.4 is 5.32 Å². The summed E-state index contributed by atoms with van der Waals surface area (Å²) in [6.45, 7) is 5.87. The first-order valence-electron chi connectivity index (χ1n) is 8.57. The molecule has 2 aliphatic carbocycles. The highest BCUT2D eigenvalue weighted by Gasteiger charge is 2.34. The first-order valence-corrected chi connectivity index (χ1v) is 8.57. The van der Waals surface area contributed by atoms with Gasteiger partial charge in [0.1, 0.15) is 0 Å². The van der Waals surface area contributed by atoms with Gasteiger partial charge >= 0.3 is 0 Å². The van der Waals surface area contributed by atoms with Crippen molar-refractivity contribution in [1.82, 2.24) is 5.32 Å². The summed E-state index contributed by atoms with van der Waals surface area (Å²) in [4.78, 5) is 0. The molecule has 0 radical (unpaired) electrons. The molecule has 0 aliphatic heterocycles. The Kier molecular flexibility index (Phi) is 4.16. The lowest BCUT2D eigenvalue weighted by molar-refractivity contribution is 0.120. The van der Waals surface area contributed by atoms with Gasteiger partial charge in [0.05, 0.1) is 0 Å². The lowest BCUT2D eigenvalue weighted by Gasteiger charge is -2.42. The van der Waals surface area contributed by atoms with Crippen molar-refractivity contribution in [2.75, 3.05) is 6.54 Å². The van der Waals surface area contributed by atoms with Gasteiger partial charge in [-0.3, -0.25) is 0 Å². The lowest BCUT2D eigenvalue weighted by atomic mass is 9.67. The minimum atomic E-state index is 0.492. The molecule has 1 N–H and O–H groups in total. The fraction of sp³-hybridized carbons (Fsp3) is 0.684. The summed E-state index contributed by atoms with van der Waals surface area (Å²) in [5.74, 6) is 0. The topological polar surface area (TPSA) is 12.0 Å². The van der Waals surface area contributed by atoms with E-state index in [0.29, 0.717) is 11.5 Å². The van der Waals surface area contributed by atoms with Crippen LogP contribution in [0.2, 0.25) is 0 Å². The maximum Gasteiger partial charge on any atom is 0.0292 e. The molecule has 0 aromatic heterocycles. The summed E-state index contributed by atoms with van der Waals surface area (Å²) in [6, 6.07) is 7.68. The molecular weight excluding hydrogens is 242 g/mol. The largest absolute Gasteiger partial charge is 0.310 e. The van der Waals surface area contributed by atoms with Crippen LogP contribution in [-0.4, -0.2) is 6.54 Å². The third-order valence-electron chi connectivity index (χ3n) is 5.82. The molecule has 1 nitrogen and oxygen atoms in total. The summed E-state index contributed by atoms with van der Waals surface area (Å²) in [7, 11) is 0. The van der Waals surface area contributed by atoms with Crippen molar-refractivity contribution in [2.24, 2.45) is 5.41 Å². The molecule has 0 bridgehead atoms. The third-order valence-corrected chi connectivity index (χ3v) is 5.82. The van der Waals surface area contributed by atoms with Crippen molar-refractivity contribution >= 4 is 0 Å². The number of aryl methyl sites for hydroxylation is 2. The number of hydrogen-bond donors (Lipinski definition) is 1. The van der Waals surface area contributed by atoms with E-state index >= 15 is 0 Å². The maximum absolute atomic E-state index is 3.80. The van der Waals surface area contributed by atoms with Crippen LogP contribution in [-0.2, 0) is 12.8 Å². The Morgan fingerprint density at radius 1 is 1.10 bits per heavy atom. The van der Waals surface area contributed by atoms with Gasteiger partial charge in [0.15, 0.2) is 0 Å². The molecule has 2 aliphatic rings. The minimum Gasteiger partial charge on any atom is -0.310 e. The van der Waals surface area contributed by atoms with Gasteiger partial charge < -0.3 is 5.32 Å². The highest BCUT2D eigenvalue weighted by atomic mass is 14.9. The van der Waals surface area contributed by atoms with E-state index in [0.717, 1.165) is 0 Å². The van der Waals surface area contributed by atoms with Gasteiger partial charge in [-0.05, 0) is 74.0 Å². The number of nitrogens with one attached hydrogen (secondary N) is 1. The first kappa shape index (κ1) is 14.1. The Morgan fingerprint density at radius 3 is 2.50 bits per heavy atom. The van der Waals surface area contributed by atoms with Crippen molar-refractivity contribution in [1.29, 1.82) is 0 Å². The van der Waals surface area contributed by atoms with Gasteiger partial charge in [-0.2, -0.15) is 0 Å². The SMILES string of the molecule is CCC1(CNC(C)c2ccc3c(c2)CCCC3)CCC1. The average molecular weight is 271 g/mol. The van der Waals surface area contributed by atoms with E-state index in [1.54, 1.807) is 11.1 Å². The summed E-state index contributed by atoms with van der Waals surface area (Å²) in [6.07, 6.45) is 10.9. The molecule has 1 aromatic rings. The average Bonchev–Trinajstić information content (AvgIpc) is 2.46. The van der Waals surface area contributed by atoms with Crippen molar-refractivity contribution in [3.63, 3.8) is 0 Å². The Bertz CT molecular complexity index is 453. The molecule has 1 fully saturated rings. The first-order chi connectivity index (χ1) is 9.72. The van der Waals surface area contributed by atoms with Crippen molar-refractivity contribution < 1.29 is 0 Å². The number of rotatable bonds is 5. The second kappa shape index (κ2) is 5.89. The zero-order chi connectivity index (χ0) is 14.0. The molecule has 0 saturated heterocycles. The highest BCUT2D eigenvalue weighted by molar-refractivity contribution is 5.35. The quantitative estimate of drug-likeness (QED) is 0.811. The van der Waals surface area contributed by atoms with Crippen LogP contribution in [0.5, 0.6) is 0 Å². The highest BCUT2D eigenvalue weighted by Crippen LogP contribution is 2.43. The van der Waals surface area contributed by atoms with Gasteiger partial charge in [0.2, 0.25) is 0 Å². The molecule has 0 heterocycles. The van der Waals surface area contributed by atoms with Crippen LogP contribution in [0.25, 0.3) is 0 Å². The fourth-order valence-corrected chi connectivity index (χ4v) is 3.84. The summed E-state index contributed by atoms with van der Waals surface area (Å²) < 4.78 is 0. The van der Waals surface area contributed by atoms with Crippen molar-refractivity contribution in [3.05, 3.63) is 34.9 Å². The van der Waals surface area contributed by atoms with E-state index in [2.05, 4.69) is 37.4 Å². The molecule has 1 atom stereocenters. The van der Waals surface area contributed by atoms with Crippen LogP contribution in [0.1, 0.15) is 75.1 Å². The predicted octanol–water partition coefficient (Wildman–Crippen LogP) is 4.80. The molecule has 20 heavy (non-hydrogen) atoms. The number of benzene rings is 1. The molecule has 3 rings (SSSR count). The molecule has 0 amide bonds. The zero-order valence-electron chi connectivity index (χ0n) is 13.2. The molecule has 1 aromatic carbocycles. The predicted molar refractivity (Wildman–Crippen MR) is 86.1 cm³/mol. The second-order valence-corrected chi connectivity index (χ2v) is 7.04.